The van der Waals surface area contributed by atoms with Crippen LogP contribution in [0.1, 0.15) is 76.7 Å². The number of piperidine rings is 1. The largest absolute Gasteiger partial charge is 0.444 e. The lowest BCUT2D eigenvalue weighted by Gasteiger charge is -2.35. The molecule has 1 unspecified atom stereocenters. The molecule has 242 valence electrons. The molecule has 0 radical (unpaired) electrons. The zero-order valence-corrected chi connectivity index (χ0v) is 27.7. The molecule has 0 saturated carbocycles. The van der Waals surface area contributed by atoms with Crippen molar-refractivity contribution in [1.29, 1.82) is 0 Å². The summed E-state index contributed by atoms with van der Waals surface area (Å²) in [6.07, 6.45) is 3.91. The topological polar surface area (TPSA) is 98.3 Å². The van der Waals surface area contributed by atoms with Crippen LogP contribution in [0.5, 0.6) is 0 Å². The summed E-state index contributed by atoms with van der Waals surface area (Å²) in [5.41, 5.74) is 5.23. The number of ether oxygens (including phenoxy) is 1. The van der Waals surface area contributed by atoms with Crippen LogP contribution in [0.2, 0.25) is 0 Å². The Morgan fingerprint density at radius 2 is 1.80 bits per heavy atom. The number of likely N-dealkylation sites (tertiary alicyclic amines) is 1. The first kappa shape index (κ1) is 31.7. The number of aromatic nitrogens is 5. The first-order chi connectivity index (χ1) is 21.7. The van der Waals surface area contributed by atoms with E-state index in [2.05, 4.69) is 20.9 Å². The minimum Gasteiger partial charge on any atom is -0.444 e. The Bertz CT molecular complexity index is 1890. The molecule has 9 nitrogen and oxygen atoms in total. The van der Waals surface area contributed by atoms with Gasteiger partial charge in [0.15, 0.2) is 0 Å². The lowest BCUT2D eigenvalue weighted by molar-refractivity contribution is 0.0178. The van der Waals surface area contributed by atoms with E-state index >= 15 is 0 Å². The minimum absolute atomic E-state index is 0.242. The Kier molecular flexibility index (Phi) is 8.13. The number of nitrogens with zero attached hydrogens (tertiary/aromatic N) is 6. The lowest BCUT2D eigenvalue weighted by atomic mass is 9.87. The van der Waals surface area contributed by atoms with E-state index in [1.54, 1.807) is 35.6 Å². The fourth-order valence-corrected chi connectivity index (χ4v) is 6.71. The molecule has 0 aliphatic carbocycles. The molecule has 2 aromatic carbocycles. The average Bonchev–Trinajstić information content (AvgIpc) is 3.49. The number of hydrogen-bond donors (Lipinski definition) is 1. The van der Waals surface area contributed by atoms with Crippen molar-refractivity contribution in [2.24, 2.45) is 13.0 Å². The molecule has 1 saturated heterocycles. The van der Waals surface area contributed by atoms with Gasteiger partial charge < -0.3 is 19.3 Å². The molecule has 5 aromatic rings. The molecule has 1 aliphatic heterocycles. The van der Waals surface area contributed by atoms with Crippen LogP contribution >= 0.6 is 0 Å². The monoisotopic (exact) mass is 626 g/mol. The van der Waals surface area contributed by atoms with Gasteiger partial charge in [-0.1, -0.05) is 29.5 Å². The molecule has 6 rings (SSSR count). The van der Waals surface area contributed by atoms with Gasteiger partial charge in [-0.2, -0.15) is 0 Å². The van der Waals surface area contributed by atoms with Gasteiger partial charge in [0.05, 0.1) is 39.6 Å². The quantitative estimate of drug-likeness (QED) is 0.213. The molecule has 1 fully saturated rings. The third-order valence-corrected chi connectivity index (χ3v) is 8.98. The van der Waals surface area contributed by atoms with E-state index in [-0.39, 0.29) is 23.9 Å². The Morgan fingerprint density at radius 3 is 2.43 bits per heavy atom. The highest BCUT2D eigenvalue weighted by atomic mass is 19.1. The van der Waals surface area contributed by atoms with E-state index < -0.39 is 11.2 Å². The third kappa shape index (κ3) is 6.23. The van der Waals surface area contributed by atoms with Gasteiger partial charge >= 0.3 is 6.09 Å². The molecule has 1 aliphatic rings. The Balaban J connectivity index is 1.49. The van der Waals surface area contributed by atoms with Crippen LogP contribution in [0.3, 0.4) is 0 Å². The van der Waals surface area contributed by atoms with Crippen LogP contribution in [0.15, 0.2) is 54.7 Å². The van der Waals surface area contributed by atoms with E-state index in [9.17, 15) is 14.3 Å². The van der Waals surface area contributed by atoms with Crippen LogP contribution in [0.25, 0.3) is 33.2 Å². The summed E-state index contributed by atoms with van der Waals surface area (Å²) < 4.78 is 24.5. The number of aryl methyl sites for hydroxylation is 2. The van der Waals surface area contributed by atoms with E-state index in [0.29, 0.717) is 13.1 Å². The van der Waals surface area contributed by atoms with Gasteiger partial charge in [-0.3, -0.25) is 4.98 Å². The van der Waals surface area contributed by atoms with Crippen molar-refractivity contribution in [3.63, 3.8) is 0 Å². The van der Waals surface area contributed by atoms with Crippen LogP contribution in [-0.4, -0.2) is 59.3 Å². The number of carbonyl (C=O) groups is 1. The van der Waals surface area contributed by atoms with Crippen LogP contribution in [0, 0.1) is 18.7 Å². The van der Waals surface area contributed by atoms with Gasteiger partial charge in [0.2, 0.25) is 0 Å². The summed E-state index contributed by atoms with van der Waals surface area (Å²) in [6.45, 7) is 12.3. The van der Waals surface area contributed by atoms with Gasteiger partial charge in [-0.25, -0.2) is 13.9 Å². The summed E-state index contributed by atoms with van der Waals surface area (Å²) >= 11 is 0. The number of amides is 1. The van der Waals surface area contributed by atoms with E-state index in [0.717, 1.165) is 69.3 Å². The highest BCUT2D eigenvalue weighted by Gasteiger charge is 2.31. The molecular weight excluding hydrogens is 583 g/mol. The predicted octanol–water partition coefficient (Wildman–Crippen LogP) is 7.29. The van der Waals surface area contributed by atoms with Gasteiger partial charge in [-0.15, -0.1) is 5.10 Å². The summed E-state index contributed by atoms with van der Waals surface area (Å²) in [5, 5.41) is 20.4. The molecule has 1 N–H and O–H groups in total. The maximum absolute atomic E-state index is 14.9. The number of hydrogen-bond acceptors (Lipinski definition) is 6. The van der Waals surface area contributed by atoms with Gasteiger partial charge in [0.25, 0.3) is 0 Å². The normalized spacial score (nSPS) is 15.5. The molecule has 46 heavy (non-hydrogen) atoms. The Labute approximate surface area is 269 Å². The SMILES string of the molecule is Cc1nnn(C)c1-c1cnc2c3ccc(C(C)(C)O)cc3n(C(CC3CCN(C(=O)OC(C)(C)C)CC3)c3cccc(F)c3)c2c1. The number of halogens is 1. The number of benzene rings is 2. The van der Waals surface area contributed by atoms with Crippen molar-refractivity contribution < 1.29 is 19.0 Å². The maximum atomic E-state index is 14.9. The third-order valence-electron chi connectivity index (χ3n) is 8.98. The predicted molar refractivity (Wildman–Crippen MR) is 177 cm³/mol. The standard InChI is InChI=1S/C36H43FN6O3/c1-22-33(41(7)40-39-22)25-19-31-32(38-21-25)28-12-11-26(36(5,6)45)20-30(28)43(31)29(24-9-8-10-27(37)18-24)17-23-13-15-42(16-14-23)34(44)46-35(2,3)4/h8-12,18-21,23,29,45H,13-17H2,1-7H3. The smallest absolute Gasteiger partial charge is 0.410 e. The molecule has 1 atom stereocenters. The van der Waals surface area contributed by atoms with Gasteiger partial charge in [0, 0.05) is 37.3 Å². The second-order valence-electron chi connectivity index (χ2n) is 14.1. The molecule has 10 heteroatoms. The summed E-state index contributed by atoms with van der Waals surface area (Å²) in [6, 6.07) is 14.7. The van der Waals surface area contributed by atoms with Crippen LogP contribution in [0.4, 0.5) is 9.18 Å². The molecule has 3 aromatic heterocycles. The van der Waals surface area contributed by atoms with E-state index in [1.807, 2.05) is 65.2 Å². The van der Waals surface area contributed by atoms with Crippen molar-refractivity contribution in [2.75, 3.05) is 13.1 Å². The van der Waals surface area contributed by atoms with Crippen LogP contribution in [-0.2, 0) is 17.4 Å². The zero-order chi connectivity index (χ0) is 33.0. The lowest BCUT2D eigenvalue weighted by Crippen LogP contribution is -2.42. The molecule has 4 heterocycles. The van der Waals surface area contributed by atoms with Crippen LogP contribution < -0.4 is 0 Å². The summed E-state index contributed by atoms with van der Waals surface area (Å²) in [5.74, 6) is -0.0211. The Hall–Kier alpha value is -4.31. The van der Waals surface area contributed by atoms with Crippen molar-refractivity contribution in [1.82, 2.24) is 29.4 Å². The highest BCUT2D eigenvalue weighted by molar-refractivity contribution is 6.07. The maximum Gasteiger partial charge on any atom is 0.410 e. The molecule has 0 spiro atoms. The van der Waals surface area contributed by atoms with Gasteiger partial charge in [0.1, 0.15) is 11.4 Å². The molecule has 1 amide bonds. The number of carbonyl (C=O) groups excluding carboxylic acids is 1. The molecule has 0 bridgehead atoms. The second kappa shape index (κ2) is 11.8. The summed E-state index contributed by atoms with van der Waals surface area (Å²) in [7, 11) is 1.86. The highest BCUT2D eigenvalue weighted by Crippen LogP contribution is 2.41. The first-order valence-electron chi connectivity index (χ1n) is 16.0. The minimum atomic E-state index is -1.06. The van der Waals surface area contributed by atoms with E-state index in [1.165, 1.54) is 6.07 Å². The number of fused-ring (bicyclic) bond motifs is 3. The zero-order valence-electron chi connectivity index (χ0n) is 27.7. The fourth-order valence-electron chi connectivity index (χ4n) is 6.71. The second-order valence-corrected chi connectivity index (χ2v) is 14.1. The van der Waals surface area contributed by atoms with Crippen molar-refractivity contribution >= 4 is 28.0 Å². The average molecular weight is 627 g/mol. The van der Waals surface area contributed by atoms with Crippen molar-refractivity contribution in [2.45, 2.75) is 78.0 Å². The van der Waals surface area contributed by atoms with Crippen molar-refractivity contribution in [3.05, 3.63) is 77.4 Å². The van der Waals surface area contributed by atoms with Gasteiger partial charge in [-0.05, 0) is 102 Å². The molecular formula is C36H43FN6O3. The van der Waals surface area contributed by atoms with Crippen molar-refractivity contribution in [3.8, 4) is 11.3 Å². The number of aliphatic hydroxyl groups is 1. The first-order valence-corrected chi connectivity index (χ1v) is 16.0. The Morgan fingerprint density at radius 1 is 1.07 bits per heavy atom. The number of pyridine rings is 1. The van der Waals surface area contributed by atoms with E-state index in [4.69, 9.17) is 9.72 Å². The summed E-state index contributed by atoms with van der Waals surface area (Å²) in [4.78, 5) is 19.6. The number of rotatable bonds is 6. The fraction of sp³-hybridized carbons (Fsp3) is 0.444.